The van der Waals surface area contributed by atoms with Crippen molar-refractivity contribution < 1.29 is 22.9 Å². The molecule has 1 amide bonds. The summed E-state index contributed by atoms with van der Waals surface area (Å²) in [5.41, 5.74) is 9.99. The number of nitrogens with two attached hydrogens (primary N) is 1. The van der Waals surface area contributed by atoms with E-state index in [1.165, 1.54) is 35.7 Å². The number of anilines is 2. The first-order valence-electron chi connectivity index (χ1n) is 19.9. The Balaban J connectivity index is 0.975. The molecule has 2 unspecified atom stereocenters. The lowest BCUT2D eigenvalue weighted by Gasteiger charge is -2.56. The number of likely N-dealkylation sites (N-methyl/N-ethyl adjacent to an activating group) is 1. The van der Waals surface area contributed by atoms with Gasteiger partial charge in [-0.1, -0.05) is 36.4 Å². The van der Waals surface area contributed by atoms with Gasteiger partial charge in [-0.2, -0.15) is 0 Å². The lowest BCUT2D eigenvalue weighted by molar-refractivity contribution is -0.384. The summed E-state index contributed by atoms with van der Waals surface area (Å²) in [6.07, 6.45) is 6.63. The molecule has 3 aromatic carbocycles. The van der Waals surface area contributed by atoms with Gasteiger partial charge in [-0.15, -0.1) is 0 Å². The minimum atomic E-state index is -4.44. The van der Waals surface area contributed by atoms with Crippen LogP contribution in [0.4, 0.5) is 17.1 Å². The number of sulfone groups is 1. The number of hydrogen-bond acceptors (Lipinski definition) is 11. The van der Waals surface area contributed by atoms with Crippen molar-refractivity contribution in [3.05, 3.63) is 88.0 Å². The molecule has 298 valence electrons. The number of nitro groups is 1. The van der Waals surface area contributed by atoms with E-state index in [1.807, 2.05) is 0 Å². The zero-order valence-corrected chi connectivity index (χ0v) is 33.2. The first kappa shape index (κ1) is 38.4. The Kier molecular flexibility index (Phi) is 10.4. The topological polar surface area (TPSA) is 155 Å². The van der Waals surface area contributed by atoms with Crippen LogP contribution < -0.4 is 20.7 Å². The zero-order valence-electron chi connectivity index (χ0n) is 32.4. The number of benzene rings is 3. The van der Waals surface area contributed by atoms with Gasteiger partial charge in [0.15, 0.2) is 11.4 Å². The Hall–Kier alpha value is -4.50. The van der Waals surface area contributed by atoms with Gasteiger partial charge in [-0.25, -0.2) is 8.42 Å². The van der Waals surface area contributed by atoms with E-state index in [-0.39, 0.29) is 44.9 Å². The van der Waals surface area contributed by atoms with Gasteiger partial charge in [0.25, 0.3) is 5.69 Å². The summed E-state index contributed by atoms with van der Waals surface area (Å²) < 4.78 is 34.7. The molecule has 4 heterocycles. The smallest absolute Gasteiger partial charge is 0.297 e. The SMILES string of the molecule is C=C(C)c1ccccc1C1CCCN1C1CC2(CCN(c3ccc(C(N)=O)c(S(=O)(=O)c4cc5c(c([N+](=O)[O-])c4)NC(CN4CCN(C)CC4)CO5)c3)CC2)C1. The number of nitrogens with one attached hydrogen (secondary N) is 1. The molecule has 1 aliphatic carbocycles. The summed E-state index contributed by atoms with van der Waals surface area (Å²) in [7, 11) is -2.36. The Bertz CT molecular complexity index is 2140. The molecular weight excluding hydrogens is 731 g/mol. The van der Waals surface area contributed by atoms with E-state index < -0.39 is 26.4 Å². The quantitative estimate of drug-likeness (QED) is 0.196. The van der Waals surface area contributed by atoms with Crippen molar-refractivity contribution in [1.29, 1.82) is 0 Å². The van der Waals surface area contributed by atoms with E-state index in [0.717, 1.165) is 89.6 Å². The van der Waals surface area contributed by atoms with Crippen LogP contribution in [-0.2, 0) is 9.84 Å². The van der Waals surface area contributed by atoms with Crippen molar-refractivity contribution in [2.24, 2.45) is 11.1 Å². The fraction of sp³-hybridized carbons (Fsp3) is 0.500. The van der Waals surface area contributed by atoms with Crippen LogP contribution in [0.15, 0.2) is 71.0 Å². The van der Waals surface area contributed by atoms with Gasteiger partial charge in [-0.05, 0) is 93.8 Å². The number of amides is 1. The Morgan fingerprint density at radius 3 is 2.45 bits per heavy atom. The molecule has 0 radical (unpaired) electrons. The second-order valence-electron chi connectivity index (χ2n) is 16.7. The van der Waals surface area contributed by atoms with Crippen LogP contribution >= 0.6 is 0 Å². The third-order valence-corrected chi connectivity index (χ3v) is 14.8. The first-order chi connectivity index (χ1) is 26.8. The molecular formula is C42H53N7O6S. The highest BCUT2D eigenvalue weighted by Gasteiger charge is 2.50. The van der Waals surface area contributed by atoms with Crippen LogP contribution in [-0.4, -0.2) is 112 Å². The number of fused-ring (bicyclic) bond motifs is 1. The summed E-state index contributed by atoms with van der Waals surface area (Å²) in [4.78, 5) is 33.2. The summed E-state index contributed by atoms with van der Waals surface area (Å²) in [6.45, 7) is 13.4. The number of nitro benzene ring substituents is 1. The molecule has 3 aromatic rings. The van der Waals surface area contributed by atoms with Gasteiger partial charge in [-0.3, -0.25) is 24.7 Å². The standard InChI is InChI=1S/C42H53N7O6S/c1-28(2)33-7-4-5-8-34(33)36-9-6-14-48(36)31-24-42(25-31)12-15-47(16-13-42)30-10-11-35(41(43)50)39(21-30)56(53,54)32-22-37(49(51)52)40-38(23-32)55-27-29(44-40)26-46-19-17-45(3)18-20-46/h4-5,7-8,10-11,21-23,29,31,36,44H,1,6,9,12-20,24-27H2,2-3H3,(H2,43,50). The Morgan fingerprint density at radius 2 is 1.75 bits per heavy atom. The van der Waals surface area contributed by atoms with E-state index in [0.29, 0.717) is 24.3 Å². The maximum atomic E-state index is 14.4. The summed E-state index contributed by atoms with van der Waals surface area (Å²) >= 11 is 0. The van der Waals surface area contributed by atoms with Crippen LogP contribution in [0.3, 0.4) is 0 Å². The third-order valence-electron chi connectivity index (χ3n) is 13.0. The van der Waals surface area contributed by atoms with Crippen molar-refractivity contribution in [1.82, 2.24) is 14.7 Å². The molecule has 56 heavy (non-hydrogen) atoms. The number of allylic oxidation sites excluding steroid dienone is 1. The molecule has 0 aromatic heterocycles. The number of hydrogen-bond donors (Lipinski definition) is 2. The van der Waals surface area contributed by atoms with Gasteiger partial charge >= 0.3 is 0 Å². The van der Waals surface area contributed by atoms with Crippen LogP contribution in [0.1, 0.15) is 73.0 Å². The Morgan fingerprint density at radius 1 is 1.02 bits per heavy atom. The molecule has 14 heteroatoms. The molecule has 1 spiro atoms. The molecule has 3 N–H and O–H groups in total. The van der Waals surface area contributed by atoms with Crippen molar-refractivity contribution in [2.75, 3.05) is 76.2 Å². The van der Waals surface area contributed by atoms with Gasteiger partial charge in [0.2, 0.25) is 15.7 Å². The summed E-state index contributed by atoms with van der Waals surface area (Å²) in [5, 5.41) is 15.6. The maximum absolute atomic E-state index is 14.4. The molecule has 4 fully saturated rings. The number of piperazine rings is 1. The minimum absolute atomic E-state index is 0.0876. The molecule has 1 saturated carbocycles. The average molecular weight is 784 g/mol. The third kappa shape index (κ3) is 7.28. The molecule has 0 bridgehead atoms. The van der Waals surface area contributed by atoms with Crippen molar-refractivity contribution in [3.8, 4) is 5.75 Å². The van der Waals surface area contributed by atoms with Gasteiger partial charge < -0.3 is 25.6 Å². The Labute approximate surface area is 329 Å². The fourth-order valence-electron chi connectivity index (χ4n) is 9.83. The van der Waals surface area contributed by atoms with Crippen molar-refractivity contribution in [3.63, 3.8) is 0 Å². The van der Waals surface area contributed by atoms with E-state index in [1.54, 1.807) is 6.07 Å². The first-order valence-corrected chi connectivity index (χ1v) is 21.4. The number of nitrogens with zero attached hydrogens (tertiary/aromatic N) is 5. The molecule has 5 aliphatic rings. The molecule has 2 atom stereocenters. The molecule has 4 aliphatic heterocycles. The number of carbonyl (C=O) groups excluding carboxylic acids is 1. The predicted octanol–water partition coefficient (Wildman–Crippen LogP) is 5.57. The van der Waals surface area contributed by atoms with E-state index in [9.17, 15) is 23.3 Å². The van der Waals surface area contributed by atoms with E-state index in [2.05, 4.69) is 69.7 Å². The zero-order chi connectivity index (χ0) is 39.4. The average Bonchev–Trinajstić information content (AvgIpc) is 3.66. The molecule has 8 rings (SSSR count). The highest BCUT2D eigenvalue weighted by atomic mass is 32.2. The van der Waals surface area contributed by atoms with E-state index >= 15 is 0 Å². The lowest BCUT2D eigenvalue weighted by Crippen LogP contribution is -2.54. The highest BCUT2D eigenvalue weighted by Crippen LogP contribution is 2.54. The van der Waals surface area contributed by atoms with Crippen LogP contribution in [0.5, 0.6) is 5.75 Å². The number of rotatable bonds is 10. The number of ether oxygens (including phenoxy) is 1. The van der Waals surface area contributed by atoms with Crippen LogP contribution in [0, 0.1) is 15.5 Å². The minimum Gasteiger partial charge on any atom is -0.489 e. The number of carbonyl (C=O) groups is 1. The van der Waals surface area contributed by atoms with Gasteiger partial charge in [0.1, 0.15) is 6.61 Å². The predicted molar refractivity (Wildman–Crippen MR) is 217 cm³/mol. The van der Waals surface area contributed by atoms with Crippen molar-refractivity contribution >= 4 is 38.4 Å². The normalized spacial score (nSPS) is 23.2. The van der Waals surface area contributed by atoms with Gasteiger partial charge in [0, 0.05) is 75.7 Å². The monoisotopic (exact) mass is 783 g/mol. The summed E-state index contributed by atoms with van der Waals surface area (Å²) in [6, 6.07) is 16.5. The van der Waals surface area contributed by atoms with Crippen LogP contribution in [0.25, 0.3) is 5.57 Å². The summed E-state index contributed by atoms with van der Waals surface area (Å²) in [5.74, 6) is -0.805. The molecule has 13 nitrogen and oxygen atoms in total. The fourth-order valence-corrected chi connectivity index (χ4v) is 11.3. The van der Waals surface area contributed by atoms with Crippen LogP contribution in [0.2, 0.25) is 0 Å². The van der Waals surface area contributed by atoms with E-state index in [4.69, 9.17) is 10.5 Å². The molecule has 3 saturated heterocycles. The number of piperidine rings is 1. The maximum Gasteiger partial charge on any atom is 0.297 e. The van der Waals surface area contributed by atoms with Crippen molar-refractivity contribution in [2.45, 2.75) is 73.4 Å². The second-order valence-corrected chi connectivity index (χ2v) is 18.6. The number of likely N-dealkylation sites (tertiary alicyclic amines) is 1. The second kappa shape index (κ2) is 15.1. The lowest BCUT2D eigenvalue weighted by atomic mass is 9.59. The number of primary amides is 1. The largest absolute Gasteiger partial charge is 0.489 e. The van der Waals surface area contributed by atoms with Gasteiger partial charge in [0.05, 0.1) is 26.3 Å². The highest BCUT2D eigenvalue weighted by molar-refractivity contribution is 7.91.